The molecule has 0 amide bonds. The first-order valence-electron chi connectivity index (χ1n) is 7.85. The van der Waals surface area contributed by atoms with Crippen LogP contribution in [0.5, 0.6) is 0 Å². The number of hydrogen-bond donors (Lipinski definition) is 1. The summed E-state index contributed by atoms with van der Waals surface area (Å²) in [6, 6.07) is 0. The van der Waals surface area contributed by atoms with Gasteiger partial charge in [0.2, 0.25) is 11.7 Å². The number of carboxylic acids is 1. The molecule has 1 aromatic rings. The van der Waals surface area contributed by atoms with E-state index >= 15 is 0 Å². The number of carboxylic acid groups (broad SMARTS) is 1. The fourth-order valence-corrected chi connectivity index (χ4v) is 2.93. The number of rotatable bonds is 8. The lowest BCUT2D eigenvalue weighted by Gasteiger charge is -2.33. The first-order valence-corrected chi connectivity index (χ1v) is 7.85. The van der Waals surface area contributed by atoms with Gasteiger partial charge < -0.3 is 14.4 Å². The molecule has 0 saturated heterocycles. The van der Waals surface area contributed by atoms with Crippen LogP contribution in [0.2, 0.25) is 0 Å². The van der Waals surface area contributed by atoms with E-state index < -0.39 is 5.97 Å². The van der Waals surface area contributed by atoms with Gasteiger partial charge >= 0.3 is 5.97 Å². The van der Waals surface area contributed by atoms with Crippen molar-refractivity contribution < 1.29 is 19.2 Å². The zero-order valence-corrected chi connectivity index (χ0v) is 12.6. The summed E-state index contributed by atoms with van der Waals surface area (Å²) in [7, 11) is 0. The van der Waals surface area contributed by atoms with Crippen LogP contribution in [0.1, 0.15) is 70.0 Å². The number of carbonyl (C=O) groups is 1. The number of ether oxygens (including phenoxy) is 1. The van der Waals surface area contributed by atoms with Crippen molar-refractivity contribution in [1.82, 2.24) is 10.1 Å². The molecule has 1 aliphatic rings. The summed E-state index contributed by atoms with van der Waals surface area (Å²) < 4.78 is 11.3. The predicted octanol–water partition coefficient (Wildman–Crippen LogP) is 3.06. The Balaban J connectivity index is 1.95. The van der Waals surface area contributed by atoms with Gasteiger partial charge in [0.15, 0.2) is 0 Å². The van der Waals surface area contributed by atoms with Gasteiger partial charge in [-0.2, -0.15) is 4.98 Å². The lowest BCUT2D eigenvalue weighted by Crippen LogP contribution is -2.33. The van der Waals surface area contributed by atoms with Crippen LogP contribution >= 0.6 is 0 Å². The number of hydrogen-bond acceptors (Lipinski definition) is 5. The molecule has 118 valence electrons. The third-order valence-corrected chi connectivity index (χ3v) is 3.99. The highest BCUT2D eigenvalue weighted by Gasteiger charge is 2.39. The molecule has 0 spiro atoms. The Morgan fingerprint density at radius 1 is 1.33 bits per heavy atom. The molecule has 21 heavy (non-hydrogen) atoms. The van der Waals surface area contributed by atoms with Gasteiger partial charge in [-0.05, 0) is 32.6 Å². The molecule has 1 aromatic heterocycles. The highest BCUT2D eigenvalue weighted by atomic mass is 16.5. The summed E-state index contributed by atoms with van der Waals surface area (Å²) in [6.07, 6.45) is 7.56. The summed E-state index contributed by atoms with van der Waals surface area (Å²) in [4.78, 5) is 15.0. The lowest BCUT2D eigenvalue weighted by molar-refractivity contribution is -0.137. The fourth-order valence-electron chi connectivity index (χ4n) is 2.93. The second kappa shape index (κ2) is 7.54. The van der Waals surface area contributed by atoms with Crippen LogP contribution in [0, 0.1) is 0 Å². The average molecular weight is 296 g/mol. The normalized spacial score (nSPS) is 17.8. The van der Waals surface area contributed by atoms with E-state index in [1.807, 2.05) is 6.92 Å². The Hall–Kier alpha value is -1.43. The predicted molar refractivity (Wildman–Crippen MR) is 75.9 cm³/mol. The number of aryl methyl sites for hydroxylation is 1. The van der Waals surface area contributed by atoms with Crippen molar-refractivity contribution in [2.45, 2.75) is 70.3 Å². The van der Waals surface area contributed by atoms with Gasteiger partial charge in [0.1, 0.15) is 5.60 Å². The van der Waals surface area contributed by atoms with Crippen LogP contribution in [-0.2, 0) is 21.6 Å². The molecule has 1 fully saturated rings. The topological polar surface area (TPSA) is 85.5 Å². The van der Waals surface area contributed by atoms with E-state index in [1.54, 1.807) is 0 Å². The van der Waals surface area contributed by atoms with E-state index in [4.69, 9.17) is 14.4 Å². The molecule has 2 rings (SSSR count). The summed E-state index contributed by atoms with van der Waals surface area (Å²) in [5.41, 5.74) is -0.379. The Labute approximate surface area is 124 Å². The first-order chi connectivity index (χ1) is 10.2. The maximum atomic E-state index is 10.5. The fraction of sp³-hybridized carbons (Fsp3) is 0.800. The zero-order chi connectivity index (χ0) is 15.1. The van der Waals surface area contributed by atoms with E-state index in [2.05, 4.69) is 10.1 Å². The van der Waals surface area contributed by atoms with Crippen molar-refractivity contribution >= 4 is 5.97 Å². The van der Waals surface area contributed by atoms with Gasteiger partial charge in [0.25, 0.3) is 0 Å². The van der Waals surface area contributed by atoms with Crippen molar-refractivity contribution in [3.63, 3.8) is 0 Å². The minimum atomic E-state index is -0.765. The third-order valence-electron chi connectivity index (χ3n) is 3.99. The molecule has 1 heterocycles. The van der Waals surface area contributed by atoms with Gasteiger partial charge in [-0.3, -0.25) is 4.79 Å². The van der Waals surface area contributed by atoms with Crippen LogP contribution < -0.4 is 0 Å². The largest absolute Gasteiger partial charge is 0.481 e. The van der Waals surface area contributed by atoms with Crippen LogP contribution in [0.4, 0.5) is 0 Å². The molecule has 1 saturated carbocycles. The second-order valence-electron chi connectivity index (χ2n) is 5.60. The summed E-state index contributed by atoms with van der Waals surface area (Å²) in [5, 5.41) is 12.7. The smallest absolute Gasteiger partial charge is 0.303 e. The van der Waals surface area contributed by atoms with Crippen LogP contribution in [0.25, 0.3) is 0 Å². The van der Waals surface area contributed by atoms with E-state index in [9.17, 15) is 4.79 Å². The summed E-state index contributed by atoms with van der Waals surface area (Å²) in [5.74, 6) is 0.482. The van der Waals surface area contributed by atoms with Gasteiger partial charge in [-0.1, -0.05) is 24.4 Å². The monoisotopic (exact) mass is 296 g/mol. The molecule has 1 N–H and O–H groups in total. The number of aromatic nitrogens is 2. The Morgan fingerprint density at radius 2 is 2.10 bits per heavy atom. The molecule has 0 radical (unpaired) electrons. The number of aliphatic carboxylic acids is 1. The second-order valence-corrected chi connectivity index (χ2v) is 5.60. The molecular weight excluding hydrogens is 272 g/mol. The van der Waals surface area contributed by atoms with Crippen molar-refractivity contribution in [1.29, 1.82) is 0 Å². The van der Waals surface area contributed by atoms with E-state index in [0.29, 0.717) is 31.2 Å². The number of nitrogens with zero attached hydrogens (tertiary/aromatic N) is 2. The van der Waals surface area contributed by atoms with Crippen molar-refractivity contribution in [2.24, 2.45) is 0 Å². The van der Waals surface area contributed by atoms with E-state index in [-0.39, 0.29) is 12.0 Å². The molecular formula is C15H24N2O4. The average Bonchev–Trinajstić information content (AvgIpc) is 2.94. The van der Waals surface area contributed by atoms with Crippen molar-refractivity contribution in [2.75, 3.05) is 6.61 Å². The Morgan fingerprint density at radius 3 is 2.76 bits per heavy atom. The van der Waals surface area contributed by atoms with Crippen molar-refractivity contribution in [3.8, 4) is 0 Å². The number of unbranched alkanes of at least 4 members (excludes halogenated alkanes) is 1. The van der Waals surface area contributed by atoms with Crippen LogP contribution in [0.15, 0.2) is 4.52 Å². The molecule has 0 atom stereocenters. The minimum Gasteiger partial charge on any atom is -0.481 e. The van der Waals surface area contributed by atoms with Crippen LogP contribution in [0.3, 0.4) is 0 Å². The van der Waals surface area contributed by atoms with Gasteiger partial charge in [-0.25, -0.2) is 0 Å². The molecule has 1 aliphatic carbocycles. The molecule has 6 heteroatoms. The van der Waals surface area contributed by atoms with Gasteiger partial charge in [0, 0.05) is 19.4 Å². The maximum Gasteiger partial charge on any atom is 0.303 e. The minimum absolute atomic E-state index is 0.184. The molecule has 0 aromatic carbocycles. The van der Waals surface area contributed by atoms with Gasteiger partial charge in [-0.15, -0.1) is 0 Å². The first kappa shape index (κ1) is 15.9. The third kappa shape index (κ3) is 4.27. The van der Waals surface area contributed by atoms with E-state index in [1.165, 1.54) is 6.42 Å². The highest BCUT2D eigenvalue weighted by Crippen LogP contribution is 2.39. The Bertz CT molecular complexity index is 447. The Kier molecular flexibility index (Phi) is 5.73. The molecule has 6 nitrogen and oxygen atoms in total. The lowest BCUT2D eigenvalue weighted by atomic mass is 9.84. The summed E-state index contributed by atoms with van der Waals surface area (Å²) >= 11 is 0. The maximum absolute atomic E-state index is 10.5. The van der Waals surface area contributed by atoms with Crippen molar-refractivity contribution in [3.05, 3.63) is 11.7 Å². The zero-order valence-electron chi connectivity index (χ0n) is 12.6. The highest BCUT2D eigenvalue weighted by molar-refractivity contribution is 5.66. The standard InChI is InChI=1S/C15H24N2O4/c1-2-20-15(10-6-3-7-11-15)14-16-12(21-17-14)8-4-5-9-13(18)19/h2-11H2,1H3,(H,18,19). The van der Waals surface area contributed by atoms with E-state index in [0.717, 1.165) is 32.1 Å². The molecule has 0 unspecified atom stereocenters. The van der Waals surface area contributed by atoms with Gasteiger partial charge in [0.05, 0.1) is 0 Å². The SMILES string of the molecule is CCOC1(c2noc(CCCCC(=O)O)n2)CCCCC1. The van der Waals surface area contributed by atoms with Crippen LogP contribution in [-0.4, -0.2) is 27.8 Å². The molecule has 0 bridgehead atoms. The quantitative estimate of drug-likeness (QED) is 0.742. The molecule has 0 aliphatic heterocycles. The summed E-state index contributed by atoms with van der Waals surface area (Å²) in [6.45, 7) is 2.63.